The number of carbonyl (C=O) groups is 1. The summed E-state index contributed by atoms with van der Waals surface area (Å²) in [5.41, 5.74) is 4.53. The molecule has 2 amide bonds. The second-order valence-electron chi connectivity index (χ2n) is 9.83. The Morgan fingerprint density at radius 2 is 1.51 bits per heavy atom. The Kier molecular flexibility index (Phi) is 16.9. The van der Waals surface area contributed by atoms with Gasteiger partial charge in [-0.3, -0.25) is 0 Å². The van der Waals surface area contributed by atoms with Crippen molar-refractivity contribution < 1.29 is 31.1 Å². The van der Waals surface area contributed by atoms with Crippen molar-refractivity contribution in [3.63, 3.8) is 0 Å². The molecule has 2 aromatic carbocycles. The van der Waals surface area contributed by atoms with Crippen LogP contribution < -0.4 is 36.9 Å². The number of thiazole rings is 1. The molecule has 0 aliphatic rings. The number of nitrogens with zero attached hydrogens (tertiary/aromatic N) is 1. The molecule has 5 nitrogen and oxygen atoms in total. The minimum Gasteiger partial charge on any atom is -1.00 e. The van der Waals surface area contributed by atoms with Gasteiger partial charge in [0.05, 0.1) is 22.7 Å². The summed E-state index contributed by atoms with van der Waals surface area (Å²) in [7, 11) is 0. The van der Waals surface area contributed by atoms with Gasteiger partial charge in [0.1, 0.15) is 0 Å². The lowest BCUT2D eigenvalue weighted by atomic mass is 10.1. The van der Waals surface area contributed by atoms with E-state index in [9.17, 15) is 4.79 Å². The van der Waals surface area contributed by atoms with Crippen LogP contribution in [0.25, 0.3) is 0 Å². The lowest BCUT2D eigenvalue weighted by molar-refractivity contribution is -0.683. The lowest BCUT2D eigenvalue weighted by Crippen LogP contribution is -3.00. The van der Waals surface area contributed by atoms with Crippen molar-refractivity contribution in [1.29, 1.82) is 0 Å². The first-order valence-electron chi connectivity index (χ1n) is 14.1. The third kappa shape index (κ3) is 13.2. The maximum Gasteiger partial charge on any atom is 0.323 e. The molecular weight excluding hydrogens is 594 g/mol. The van der Waals surface area contributed by atoms with E-state index in [1.807, 2.05) is 48.0 Å². The number of para-hydroxylation sites is 1. The van der Waals surface area contributed by atoms with Gasteiger partial charge in [-0.1, -0.05) is 119 Å². The van der Waals surface area contributed by atoms with E-state index in [-0.39, 0.29) is 23.0 Å². The zero-order chi connectivity index (χ0) is 26.8. The SMILES string of the molecule is CCCCCCCCCCCCCCOc1c(Cl)cccc1NC(=O)Nc1ccc(C[n+]2ccsc2)cc1.[Br-]. The first-order valence-corrected chi connectivity index (χ1v) is 15.5. The van der Waals surface area contributed by atoms with E-state index >= 15 is 0 Å². The molecular formula is C31H43BrClN3O2S. The van der Waals surface area contributed by atoms with Crippen LogP contribution in [-0.2, 0) is 6.54 Å². The van der Waals surface area contributed by atoms with Gasteiger partial charge in [0.25, 0.3) is 0 Å². The summed E-state index contributed by atoms with van der Waals surface area (Å²) in [4.78, 5) is 12.7. The molecule has 0 aliphatic carbocycles. The Hall–Kier alpha value is -2.09. The van der Waals surface area contributed by atoms with Crippen molar-refractivity contribution in [2.24, 2.45) is 0 Å². The average Bonchev–Trinajstić information content (AvgIpc) is 3.42. The summed E-state index contributed by atoms with van der Waals surface area (Å²) < 4.78 is 8.12. The Morgan fingerprint density at radius 1 is 0.872 bits per heavy atom. The summed E-state index contributed by atoms with van der Waals surface area (Å²) in [6.07, 6.45) is 17.6. The number of ether oxygens (including phenoxy) is 1. The fraction of sp³-hybridized carbons (Fsp3) is 0.484. The van der Waals surface area contributed by atoms with Gasteiger partial charge in [-0.2, -0.15) is 4.57 Å². The van der Waals surface area contributed by atoms with E-state index < -0.39 is 0 Å². The number of carbonyl (C=O) groups excluding carboxylic acids is 1. The van der Waals surface area contributed by atoms with Crippen LogP contribution in [0.1, 0.15) is 89.5 Å². The Labute approximate surface area is 254 Å². The number of benzene rings is 2. The largest absolute Gasteiger partial charge is 1.00 e. The predicted octanol–water partition coefficient (Wildman–Crippen LogP) is 6.47. The van der Waals surface area contributed by atoms with Crippen LogP contribution in [0.3, 0.4) is 0 Å². The number of aromatic nitrogens is 1. The summed E-state index contributed by atoms with van der Waals surface area (Å²) >= 11 is 8.07. The second kappa shape index (κ2) is 19.9. The number of halogens is 2. The van der Waals surface area contributed by atoms with Crippen molar-refractivity contribution >= 4 is 40.3 Å². The van der Waals surface area contributed by atoms with Crippen LogP contribution in [0.4, 0.5) is 16.2 Å². The van der Waals surface area contributed by atoms with Gasteiger partial charge in [-0.15, -0.1) is 0 Å². The van der Waals surface area contributed by atoms with Crippen molar-refractivity contribution in [1.82, 2.24) is 0 Å². The van der Waals surface area contributed by atoms with Gasteiger partial charge in [0, 0.05) is 11.3 Å². The third-order valence-corrected chi connectivity index (χ3v) is 7.53. The Bertz CT molecular complexity index is 1060. The molecule has 8 heteroatoms. The van der Waals surface area contributed by atoms with Gasteiger partial charge in [-0.05, 0) is 30.7 Å². The highest BCUT2D eigenvalue weighted by molar-refractivity contribution is 7.07. The zero-order valence-corrected chi connectivity index (χ0v) is 26.3. The van der Waals surface area contributed by atoms with Crippen LogP contribution in [0.2, 0.25) is 5.02 Å². The zero-order valence-electron chi connectivity index (χ0n) is 23.1. The minimum absolute atomic E-state index is 0. The Balaban J connectivity index is 0.00000533. The van der Waals surface area contributed by atoms with Crippen molar-refractivity contribution in [3.05, 3.63) is 70.1 Å². The maximum atomic E-state index is 12.7. The molecule has 0 bridgehead atoms. The van der Waals surface area contributed by atoms with Crippen molar-refractivity contribution in [2.75, 3.05) is 17.2 Å². The number of rotatable bonds is 18. The fourth-order valence-electron chi connectivity index (χ4n) is 4.41. The normalized spacial score (nSPS) is 10.6. The van der Waals surface area contributed by atoms with E-state index in [2.05, 4.69) is 27.6 Å². The summed E-state index contributed by atoms with van der Waals surface area (Å²) in [5.74, 6) is 0.524. The number of amides is 2. The topological polar surface area (TPSA) is 54.2 Å². The average molecular weight is 637 g/mol. The first kappa shape index (κ1) is 33.1. The summed E-state index contributed by atoms with van der Waals surface area (Å²) in [6.45, 7) is 3.65. The molecule has 3 rings (SSSR count). The van der Waals surface area contributed by atoms with E-state index in [4.69, 9.17) is 16.3 Å². The van der Waals surface area contributed by atoms with Crippen LogP contribution in [0.15, 0.2) is 59.6 Å². The number of unbranched alkanes of at least 4 members (excludes halogenated alkanes) is 11. The van der Waals surface area contributed by atoms with Crippen LogP contribution in [-0.4, -0.2) is 12.6 Å². The molecule has 0 fully saturated rings. The van der Waals surface area contributed by atoms with Gasteiger partial charge < -0.3 is 32.4 Å². The number of urea groups is 1. The third-order valence-electron chi connectivity index (χ3n) is 6.56. The number of nitrogens with one attached hydrogen (secondary N) is 2. The van der Waals surface area contributed by atoms with Gasteiger partial charge in [0.2, 0.25) is 5.51 Å². The fourth-order valence-corrected chi connectivity index (χ4v) is 5.24. The lowest BCUT2D eigenvalue weighted by Gasteiger charge is -2.14. The highest BCUT2D eigenvalue weighted by Gasteiger charge is 2.12. The van der Waals surface area contributed by atoms with Gasteiger partial charge >= 0.3 is 6.03 Å². The minimum atomic E-state index is -0.331. The molecule has 1 aromatic heterocycles. The van der Waals surface area contributed by atoms with E-state index in [1.165, 1.54) is 69.8 Å². The number of hydrogen-bond donors (Lipinski definition) is 2. The molecule has 0 saturated heterocycles. The maximum absolute atomic E-state index is 12.7. The second-order valence-corrected chi connectivity index (χ2v) is 11.0. The van der Waals surface area contributed by atoms with E-state index in [0.29, 0.717) is 23.1 Å². The first-order chi connectivity index (χ1) is 18.7. The van der Waals surface area contributed by atoms with Crippen molar-refractivity contribution in [2.45, 2.75) is 90.5 Å². The molecule has 214 valence electrons. The Morgan fingerprint density at radius 3 is 2.13 bits per heavy atom. The molecule has 0 spiro atoms. The molecule has 0 unspecified atom stereocenters. The molecule has 39 heavy (non-hydrogen) atoms. The molecule has 1 heterocycles. The van der Waals surface area contributed by atoms with Crippen molar-refractivity contribution in [3.8, 4) is 5.75 Å². The van der Waals surface area contributed by atoms with E-state index in [1.54, 1.807) is 17.4 Å². The van der Waals surface area contributed by atoms with Crippen LogP contribution >= 0.6 is 22.9 Å². The van der Waals surface area contributed by atoms with Gasteiger partial charge in [0.15, 0.2) is 18.5 Å². The number of anilines is 2. The van der Waals surface area contributed by atoms with E-state index in [0.717, 1.165) is 25.1 Å². The highest BCUT2D eigenvalue weighted by atomic mass is 79.9. The monoisotopic (exact) mass is 635 g/mol. The number of hydrogen-bond acceptors (Lipinski definition) is 3. The molecule has 0 saturated carbocycles. The predicted molar refractivity (Wildman–Crippen MR) is 161 cm³/mol. The summed E-state index contributed by atoms with van der Waals surface area (Å²) in [5, 5.41) is 8.32. The molecule has 2 N–H and O–H groups in total. The molecule has 0 radical (unpaired) electrons. The van der Waals surface area contributed by atoms with Crippen LogP contribution in [0, 0.1) is 0 Å². The summed E-state index contributed by atoms with van der Waals surface area (Å²) in [6, 6.07) is 12.9. The molecule has 3 aromatic rings. The van der Waals surface area contributed by atoms with Gasteiger partial charge in [-0.25, -0.2) is 4.79 Å². The quantitative estimate of drug-likeness (QED) is 0.124. The highest BCUT2D eigenvalue weighted by Crippen LogP contribution is 2.33. The van der Waals surface area contributed by atoms with Crippen LogP contribution in [0.5, 0.6) is 5.75 Å². The smallest absolute Gasteiger partial charge is 0.323 e. The molecule has 0 aliphatic heterocycles. The standard InChI is InChI=1S/C31H42ClN3O2S.BrH/c1-2-3-4-5-6-7-8-9-10-11-12-13-22-37-30-28(32)15-14-16-29(30)34-31(36)33-27-19-17-26(18-20-27)24-35-21-23-38-25-35;/h14-21,23,25H,2-13,22,24H2,1H3,(H-,33,34,36);1H. The molecule has 0 atom stereocenters.